The Kier molecular flexibility index (Phi) is 7.17. The Labute approximate surface area is 147 Å². The zero-order chi connectivity index (χ0) is 17.4. The number of thiazole rings is 1. The van der Waals surface area contributed by atoms with Crippen molar-refractivity contribution in [3.8, 4) is 0 Å². The first-order valence-corrected chi connectivity index (χ1v) is 9.14. The van der Waals surface area contributed by atoms with E-state index in [1.54, 1.807) is 18.4 Å². The van der Waals surface area contributed by atoms with Gasteiger partial charge in [-0.1, -0.05) is 19.0 Å². The van der Waals surface area contributed by atoms with Crippen LogP contribution in [0.2, 0.25) is 0 Å². The molecule has 132 valence electrons. The van der Waals surface area contributed by atoms with Crippen LogP contribution in [0, 0.1) is 6.92 Å². The summed E-state index contributed by atoms with van der Waals surface area (Å²) in [6.07, 6.45) is 2.57. The maximum absolute atomic E-state index is 5.23. The molecule has 7 nitrogen and oxygen atoms in total. The highest BCUT2D eigenvalue weighted by Crippen LogP contribution is 2.10. The lowest BCUT2D eigenvalue weighted by molar-refractivity contribution is 0.368. The Bertz CT molecular complexity index is 649. The van der Waals surface area contributed by atoms with E-state index >= 15 is 0 Å². The minimum atomic E-state index is 0.296. The summed E-state index contributed by atoms with van der Waals surface area (Å²) in [5, 5.41) is 13.8. The molecule has 0 aliphatic heterocycles. The summed E-state index contributed by atoms with van der Waals surface area (Å²) in [5.74, 6) is 2.57. The molecule has 0 aliphatic rings. The van der Waals surface area contributed by atoms with Gasteiger partial charge in [0.15, 0.2) is 11.8 Å². The van der Waals surface area contributed by atoms with Crippen molar-refractivity contribution < 1.29 is 4.52 Å². The fraction of sp³-hybridized carbons (Fsp3) is 0.625. The molecule has 2 rings (SSSR count). The molecule has 0 unspecified atom stereocenters. The third-order valence-corrected chi connectivity index (χ3v) is 4.25. The van der Waals surface area contributed by atoms with Crippen LogP contribution >= 0.6 is 11.3 Å². The molecule has 0 fully saturated rings. The molecular weight excluding hydrogens is 324 g/mol. The van der Waals surface area contributed by atoms with Crippen LogP contribution in [0.1, 0.15) is 48.6 Å². The summed E-state index contributed by atoms with van der Waals surface area (Å²) >= 11 is 1.68. The first-order valence-electron chi connectivity index (χ1n) is 8.26. The number of nitrogens with zero attached hydrogens (tertiary/aromatic N) is 4. The Hall–Kier alpha value is -1.96. The average Bonchev–Trinajstić information content (AvgIpc) is 3.19. The van der Waals surface area contributed by atoms with Gasteiger partial charge in [-0.15, -0.1) is 11.3 Å². The molecule has 2 aromatic heterocycles. The second-order valence-electron chi connectivity index (χ2n) is 5.84. The van der Waals surface area contributed by atoms with Gasteiger partial charge >= 0.3 is 0 Å². The lowest BCUT2D eigenvalue weighted by Crippen LogP contribution is -2.38. The minimum absolute atomic E-state index is 0.296. The fourth-order valence-corrected chi connectivity index (χ4v) is 2.75. The van der Waals surface area contributed by atoms with Gasteiger partial charge in [0.05, 0.1) is 10.7 Å². The monoisotopic (exact) mass is 350 g/mol. The maximum Gasteiger partial charge on any atom is 0.226 e. The van der Waals surface area contributed by atoms with Crippen molar-refractivity contribution in [3.63, 3.8) is 0 Å². The summed E-state index contributed by atoms with van der Waals surface area (Å²) in [4.78, 5) is 13.0. The van der Waals surface area contributed by atoms with Gasteiger partial charge in [0, 0.05) is 44.3 Å². The number of nitrogens with one attached hydrogen (secondary N) is 2. The van der Waals surface area contributed by atoms with Crippen LogP contribution in [-0.2, 0) is 12.8 Å². The van der Waals surface area contributed by atoms with Gasteiger partial charge in [-0.25, -0.2) is 4.98 Å². The highest BCUT2D eigenvalue weighted by Gasteiger charge is 2.09. The van der Waals surface area contributed by atoms with Gasteiger partial charge < -0.3 is 15.2 Å². The number of aromatic nitrogens is 3. The Morgan fingerprint density at radius 3 is 2.67 bits per heavy atom. The van der Waals surface area contributed by atoms with Crippen molar-refractivity contribution in [1.29, 1.82) is 0 Å². The number of aliphatic imine (C=N–C) groups is 1. The van der Waals surface area contributed by atoms with Crippen LogP contribution in [0.4, 0.5) is 0 Å². The number of aryl methyl sites for hydroxylation is 2. The van der Waals surface area contributed by atoms with E-state index < -0.39 is 0 Å². The molecule has 2 aromatic rings. The van der Waals surface area contributed by atoms with E-state index in [1.807, 2.05) is 6.92 Å². The van der Waals surface area contributed by atoms with Crippen LogP contribution < -0.4 is 10.6 Å². The van der Waals surface area contributed by atoms with Crippen LogP contribution in [-0.4, -0.2) is 41.2 Å². The molecule has 24 heavy (non-hydrogen) atoms. The molecule has 8 heteroatoms. The van der Waals surface area contributed by atoms with E-state index in [2.05, 4.69) is 50.0 Å². The first-order chi connectivity index (χ1) is 11.6. The molecule has 0 spiro atoms. The third-order valence-electron chi connectivity index (χ3n) is 3.42. The molecule has 2 heterocycles. The van der Waals surface area contributed by atoms with Crippen molar-refractivity contribution >= 4 is 17.3 Å². The first kappa shape index (κ1) is 18.4. The van der Waals surface area contributed by atoms with Crippen LogP contribution in [0.5, 0.6) is 0 Å². The van der Waals surface area contributed by atoms with Gasteiger partial charge in [0.1, 0.15) is 0 Å². The van der Waals surface area contributed by atoms with Crippen LogP contribution in [0.15, 0.2) is 14.9 Å². The molecular formula is C16H26N6OS. The standard InChI is InChI=1S/C16H26N6OS/c1-11(2)15-21-14(23-22-15)6-5-8-18-16(17-4)19-9-7-13-10-24-12(3)20-13/h10-11H,5-9H2,1-4H3,(H2,17,18,19). The highest BCUT2D eigenvalue weighted by atomic mass is 32.1. The normalized spacial score (nSPS) is 12.0. The van der Waals surface area contributed by atoms with Gasteiger partial charge in [0.2, 0.25) is 5.89 Å². The number of hydrogen-bond acceptors (Lipinski definition) is 6. The Morgan fingerprint density at radius 2 is 2.04 bits per heavy atom. The summed E-state index contributed by atoms with van der Waals surface area (Å²) < 4.78 is 5.23. The number of hydrogen-bond donors (Lipinski definition) is 2. The van der Waals surface area contributed by atoms with E-state index in [9.17, 15) is 0 Å². The van der Waals surface area contributed by atoms with Crippen molar-refractivity contribution in [3.05, 3.63) is 27.8 Å². The Morgan fingerprint density at radius 1 is 1.25 bits per heavy atom. The van der Waals surface area contributed by atoms with E-state index in [0.29, 0.717) is 11.8 Å². The summed E-state index contributed by atoms with van der Waals surface area (Å²) in [5.41, 5.74) is 1.12. The molecule has 2 N–H and O–H groups in total. The molecule has 0 aromatic carbocycles. The Balaban J connectivity index is 1.62. The van der Waals surface area contributed by atoms with Gasteiger partial charge in [-0.2, -0.15) is 4.98 Å². The summed E-state index contributed by atoms with van der Waals surface area (Å²) in [7, 11) is 1.77. The predicted octanol–water partition coefficient (Wildman–Crippen LogP) is 2.30. The van der Waals surface area contributed by atoms with Crippen molar-refractivity contribution in [1.82, 2.24) is 25.8 Å². The van der Waals surface area contributed by atoms with Crippen molar-refractivity contribution in [2.75, 3.05) is 20.1 Å². The quantitative estimate of drug-likeness (QED) is 0.431. The fourth-order valence-electron chi connectivity index (χ4n) is 2.10. The van der Waals surface area contributed by atoms with E-state index in [1.165, 1.54) is 0 Å². The van der Waals surface area contributed by atoms with Crippen molar-refractivity contribution in [2.24, 2.45) is 4.99 Å². The molecule has 0 aliphatic carbocycles. The third kappa shape index (κ3) is 5.92. The highest BCUT2D eigenvalue weighted by molar-refractivity contribution is 7.09. The SMILES string of the molecule is CN=C(NCCCc1nc(C(C)C)no1)NCCc1csc(C)n1. The lowest BCUT2D eigenvalue weighted by atomic mass is 10.2. The van der Waals surface area contributed by atoms with Crippen LogP contribution in [0.3, 0.4) is 0 Å². The minimum Gasteiger partial charge on any atom is -0.356 e. The lowest BCUT2D eigenvalue weighted by Gasteiger charge is -2.10. The smallest absolute Gasteiger partial charge is 0.226 e. The molecule has 0 bridgehead atoms. The number of guanidine groups is 1. The molecule has 0 atom stereocenters. The van der Waals surface area contributed by atoms with E-state index in [-0.39, 0.29) is 0 Å². The molecule has 0 saturated heterocycles. The van der Waals surface area contributed by atoms with Crippen LogP contribution in [0.25, 0.3) is 0 Å². The second-order valence-corrected chi connectivity index (χ2v) is 6.90. The molecule has 0 amide bonds. The van der Waals surface area contributed by atoms with Gasteiger partial charge in [-0.3, -0.25) is 4.99 Å². The second kappa shape index (κ2) is 9.36. The molecule has 0 saturated carbocycles. The topological polar surface area (TPSA) is 88.2 Å². The zero-order valence-electron chi connectivity index (χ0n) is 14.8. The van der Waals surface area contributed by atoms with Crippen molar-refractivity contribution in [2.45, 2.75) is 46.0 Å². The average molecular weight is 350 g/mol. The molecule has 0 radical (unpaired) electrons. The van der Waals surface area contributed by atoms with Gasteiger partial charge in [-0.05, 0) is 13.3 Å². The van der Waals surface area contributed by atoms with E-state index in [0.717, 1.165) is 54.8 Å². The summed E-state index contributed by atoms with van der Waals surface area (Å²) in [6, 6.07) is 0. The van der Waals surface area contributed by atoms with Gasteiger partial charge in [0.25, 0.3) is 0 Å². The predicted molar refractivity (Wildman–Crippen MR) is 96.6 cm³/mol. The van der Waals surface area contributed by atoms with E-state index in [4.69, 9.17) is 4.52 Å². The zero-order valence-corrected chi connectivity index (χ0v) is 15.6. The maximum atomic E-state index is 5.23. The number of rotatable bonds is 8. The largest absolute Gasteiger partial charge is 0.356 e. The summed E-state index contributed by atoms with van der Waals surface area (Å²) in [6.45, 7) is 7.74.